The van der Waals surface area contributed by atoms with E-state index in [9.17, 15) is 8.42 Å². The van der Waals surface area contributed by atoms with E-state index in [1.54, 1.807) is 24.3 Å². The maximum Gasteiger partial charge on any atom is 0.265 e. The average Bonchev–Trinajstić information content (AvgIpc) is 2.68. The summed E-state index contributed by atoms with van der Waals surface area (Å²) in [5.74, 6) is 0.717. The Kier molecular flexibility index (Phi) is 5.56. The third kappa shape index (κ3) is 4.04. The molecule has 1 aliphatic heterocycles. The highest BCUT2D eigenvalue weighted by Gasteiger charge is 2.21. The van der Waals surface area contributed by atoms with E-state index in [2.05, 4.69) is 9.62 Å². The number of anilines is 2. The lowest BCUT2D eigenvalue weighted by molar-refractivity contribution is 0.392. The first-order valence-corrected chi connectivity index (χ1v) is 10.1. The van der Waals surface area contributed by atoms with Crippen LogP contribution in [-0.2, 0) is 10.0 Å². The highest BCUT2D eigenvalue weighted by molar-refractivity contribution is 7.92. The predicted molar refractivity (Wildman–Crippen MR) is 103 cm³/mol. The highest BCUT2D eigenvalue weighted by Crippen LogP contribution is 2.30. The van der Waals surface area contributed by atoms with Gasteiger partial charge in [0.2, 0.25) is 0 Å². The van der Waals surface area contributed by atoms with Crippen molar-refractivity contribution in [3.05, 3.63) is 42.5 Å². The zero-order valence-corrected chi connectivity index (χ0v) is 15.9. The molecule has 26 heavy (non-hydrogen) atoms. The summed E-state index contributed by atoms with van der Waals surface area (Å²) in [5.41, 5.74) is 1.63. The fraction of sp³-hybridized carbons (Fsp3) is 0.368. The van der Waals surface area contributed by atoms with E-state index in [0.717, 1.165) is 18.8 Å². The number of nitrogens with one attached hydrogen (secondary N) is 1. The Morgan fingerprint density at radius 2 is 1.62 bits per heavy atom. The summed E-state index contributed by atoms with van der Waals surface area (Å²) < 4.78 is 38.5. The van der Waals surface area contributed by atoms with E-state index >= 15 is 0 Å². The molecule has 3 rings (SSSR count). The Balaban J connectivity index is 1.81. The number of ether oxygens (including phenoxy) is 2. The van der Waals surface area contributed by atoms with Crippen LogP contribution in [-0.4, -0.2) is 35.7 Å². The number of hydrogen-bond acceptors (Lipinski definition) is 5. The van der Waals surface area contributed by atoms with Crippen molar-refractivity contribution in [1.82, 2.24) is 0 Å². The highest BCUT2D eigenvalue weighted by atomic mass is 32.2. The maximum atomic E-state index is 12.8. The van der Waals surface area contributed by atoms with Gasteiger partial charge in [-0.2, -0.15) is 0 Å². The van der Waals surface area contributed by atoms with Gasteiger partial charge in [-0.25, -0.2) is 8.42 Å². The molecule has 0 bridgehead atoms. The quantitative estimate of drug-likeness (QED) is 0.836. The second-order valence-corrected chi connectivity index (χ2v) is 7.87. The number of benzene rings is 2. The second kappa shape index (κ2) is 7.86. The van der Waals surface area contributed by atoms with Crippen molar-refractivity contribution in [2.24, 2.45) is 0 Å². The molecule has 7 heteroatoms. The van der Waals surface area contributed by atoms with Crippen molar-refractivity contribution in [3.63, 3.8) is 0 Å². The average molecular weight is 376 g/mol. The van der Waals surface area contributed by atoms with Gasteiger partial charge < -0.3 is 14.4 Å². The van der Waals surface area contributed by atoms with Crippen LogP contribution in [0.2, 0.25) is 0 Å². The maximum absolute atomic E-state index is 12.8. The first kappa shape index (κ1) is 18.4. The van der Waals surface area contributed by atoms with E-state index < -0.39 is 10.0 Å². The lowest BCUT2D eigenvalue weighted by Gasteiger charge is -2.28. The third-order valence-electron chi connectivity index (χ3n) is 4.50. The van der Waals surface area contributed by atoms with Crippen LogP contribution < -0.4 is 19.1 Å². The first-order chi connectivity index (χ1) is 12.5. The van der Waals surface area contributed by atoms with Gasteiger partial charge in [0.15, 0.2) is 0 Å². The number of hydrogen-bond donors (Lipinski definition) is 1. The minimum Gasteiger partial charge on any atom is -0.497 e. The Bertz CT molecular complexity index is 844. The topological polar surface area (TPSA) is 67.9 Å². The van der Waals surface area contributed by atoms with Crippen LogP contribution in [0.25, 0.3) is 0 Å². The van der Waals surface area contributed by atoms with Crippen LogP contribution in [0.1, 0.15) is 19.3 Å². The fourth-order valence-corrected chi connectivity index (χ4v) is 4.34. The Morgan fingerprint density at radius 1 is 0.923 bits per heavy atom. The molecule has 140 valence electrons. The van der Waals surface area contributed by atoms with Crippen LogP contribution in [0.5, 0.6) is 11.5 Å². The van der Waals surface area contributed by atoms with Gasteiger partial charge >= 0.3 is 0 Å². The summed E-state index contributed by atoms with van der Waals surface area (Å²) in [4.78, 5) is 2.37. The van der Waals surface area contributed by atoms with Gasteiger partial charge in [0, 0.05) is 30.5 Å². The van der Waals surface area contributed by atoms with Gasteiger partial charge in [0.05, 0.1) is 14.2 Å². The van der Waals surface area contributed by atoms with Crippen molar-refractivity contribution in [1.29, 1.82) is 0 Å². The number of nitrogens with zero attached hydrogens (tertiary/aromatic N) is 1. The van der Waals surface area contributed by atoms with Crippen LogP contribution in [0.4, 0.5) is 11.4 Å². The molecule has 2 aromatic rings. The zero-order chi connectivity index (χ0) is 18.6. The molecule has 0 radical (unpaired) electrons. The zero-order valence-electron chi connectivity index (χ0n) is 15.1. The summed E-state index contributed by atoms with van der Waals surface area (Å²) in [6.07, 6.45) is 3.67. The summed E-state index contributed by atoms with van der Waals surface area (Å²) >= 11 is 0. The molecule has 6 nitrogen and oxygen atoms in total. The van der Waals surface area contributed by atoms with E-state index in [-0.39, 0.29) is 10.6 Å². The monoisotopic (exact) mass is 376 g/mol. The van der Waals surface area contributed by atoms with Crippen molar-refractivity contribution in [2.75, 3.05) is 36.9 Å². The Labute approximate surface area is 154 Å². The standard InChI is InChI=1S/C19H24N2O4S/c1-24-17-10-11-18(25-2)19(14-17)26(22,23)20-15-6-8-16(9-7-15)21-12-4-3-5-13-21/h6-11,14,20H,3-5,12-13H2,1-2H3. The first-order valence-electron chi connectivity index (χ1n) is 8.63. The van der Waals surface area contributed by atoms with E-state index in [1.165, 1.54) is 39.5 Å². The molecule has 1 heterocycles. The molecule has 2 aromatic carbocycles. The van der Waals surface area contributed by atoms with Gasteiger partial charge in [-0.1, -0.05) is 0 Å². The fourth-order valence-electron chi connectivity index (χ4n) is 3.10. The molecule has 0 aromatic heterocycles. The number of methoxy groups -OCH3 is 2. The molecule has 0 spiro atoms. The van der Waals surface area contributed by atoms with Gasteiger partial charge in [-0.3, -0.25) is 4.72 Å². The molecule has 1 saturated heterocycles. The Morgan fingerprint density at radius 3 is 2.23 bits per heavy atom. The van der Waals surface area contributed by atoms with E-state index in [4.69, 9.17) is 9.47 Å². The van der Waals surface area contributed by atoms with Crippen LogP contribution in [0.15, 0.2) is 47.4 Å². The molecule has 1 aliphatic rings. The van der Waals surface area contributed by atoms with Crippen molar-refractivity contribution in [3.8, 4) is 11.5 Å². The van der Waals surface area contributed by atoms with Gasteiger partial charge in [-0.15, -0.1) is 0 Å². The minimum absolute atomic E-state index is 0.0412. The molecule has 0 unspecified atom stereocenters. The second-order valence-electron chi connectivity index (χ2n) is 6.22. The number of sulfonamides is 1. The summed E-state index contributed by atoms with van der Waals surface area (Å²) in [6, 6.07) is 12.2. The molecule has 0 amide bonds. The summed E-state index contributed by atoms with van der Waals surface area (Å²) in [7, 11) is -0.865. The lowest BCUT2D eigenvalue weighted by atomic mass is 10.1. The largest absolute Gasteiger partial charge is 0.497 e. The van der Waals surface area contributed by atoms with Crippen molar-refractivity contribution >= 4 is 21.4 Å². The van der Waals surface area contributed by atoms with Gasteiger partial charge in [0.25, 0.3) is 10.0 Å². The normalized spacial score (nSPS) is 14.8. The molecule has 1 fully saturated rings. The third-order valence-corrected chi connectivity index (χ3v) is 5.90. The van der Waals surface area contributed by atoms with Crippen LogP contribution >= 0.6 is 0 Å². The molecule has 0 aliphatic carbocycles. The van der Waals surface area contributed by atoms with Crippen LogP contribution in [0.3, 0.4) is 0 Å². The summed E-state index contributed by atoms with van der Waals surface area (Å²) in [6.45, 7) is 2.10. The minimum atomic E-state index is -3.79. The van der Waals surface area contributed by atoms with Crippen LogP contribution in [0, 0.1) is 0 Å². The number of piperidine rings is 1. The lowest BCUT2D eigenvalue weighted by Crippen LogP contribution is -2.29. The van der Waals surface area contributed by atoms with Crippen molar-refractivity contribution in [2.45, 2.75) is 24.2 Å². The molecule has 0 saturated carbocycles. The molecular formula is C19H24N2O4S. The number of rotatable bonds is 6. The van der Waals surface area contributed by atoms with Gasteiger partial charge in [-0.05, 0) is 55.7 Å². The molecule has 1 N–H and O–H groups in total. The SMILES string of the molecule is COc1ccc(OC)c(S(=O)(=O)Nc2ccc(N3CCCCC3)cc2)c1. The molecular weight excluding hydrogens is 352 g/mol. The summed E-state index contributed by atoms with van der Waals surface area (Å²) in [5, 5.41) is 0. The predicted octanol–water partition coefficient (Wildman–Crippen LogP) is 3.49. The van der Waals surface area contributed by atoms with Gasteiger partial charge in [0.1, 0.15) is 16.4 Å². The molecule has 0 atom stereocenters. The Hall–Kier alpha value is -2.41. The smallest absolute Gasteiger partial charge is 0.265 e. The van der Waals surface area contributed by atoms with E-state index in [1.807, 2.05) is 12.1 Å². The van der Waals surface area contributed by atoms with E-state index in [0.29, 0.717) is 11.4 Å². The van der Waals surface area contributed by atoms with Crippen molar-refractivity contribution < 1.29 is 17.9 Å².